The van der Waals surface area contributed by atoms with Crippen LogP contribution in [0.25, 0.3) is 0 Å². The van der Waals surface area contributed by atoms with Crippen molar-refractivity contribution < 1.29 is 40.2 Å². The first-order chi connectivity index (χ1) is 13.3. The van der Waals surface area contributed by atoms with E-state index in [2.05, 4.69) is 31.2 Å². The Morgan fingerprint density at radius 3 is 1.18 bits per heavy atom. The Labute approximate surface area is 159 Å². The summed E-state index contributed by atoms with van der Waals surface area (Å²) in [5.41, 5.74) is -3.23. The standard InChI is InChI=1S/C14H24N6O8/c21-3-13(4-22,5-23)19-11(27)17-9-1-15-10(2-16-9)18-12(28)20-14(6-24,7-25)8-26/h1-2,21-26H,3-8H2,(H2,15,18,20,28)(H2,16,17,19,27). The zero-order valence-electron chi connectivity index (χ0n) is 14.8. The molecule has 28 heavy (non-hydrogen) atoms. The number of nitrogens with one attached hydrogen (secondary N) is 4. The molecular formula is C14H24N6O8. The summed E-state index contributed by atoms with van der Waals surface area (Å²) in [5, 5.41) is 63.9. The molecule has 0 atom stereocenters. The fraction of sp³-hybridized carbons (Fsp3) is 0.571. The van der Waals surface area contributed by atoms with E-state index in [1.165, 1.54) is 0 Å². The molecule has 1 aromatic heterocycles. The van der Waals surface area contributed by atoms with Gasteiger partial charge in [-0.15, -0.1) is 0 Å². The van der Waals surface area contributed by atoms with Gasteiger partial charge in [0.15, 0.2) is 11.6 Å². The molecule has 0 aliphatic heterocycles. The molecule has 0 fully saturated rings. The molecule has 0 saturated carbocycles. The number of nitrogens with zero attached hydrogens (tertiary/aromatic N) is 2. The van der Waals surface area contributed by atoms with Crippen LogP contribution in [0.3, 0.4) is 0 Å². The van der Waals surface area contributed by atoms with Gasteiger partial charge in [-0.2, -0.15) is 0 Å². The van der Waals surface area contributed by atoms with Crippen LogP contribution < -0.4 is 21.3 Å². The molecule has 0 unspecified atom stereocenters. The number of amides is 4. The van der Waals surface area contributed by atoms with Crippen LogP contribution in [0.4, 0.5) is 21.2 Å². The third-order valence-electron chi connectivity index (χ3n) is 3.71. The first-order valence-electron chi connectivity index (χ1n) is 7.97. The molecule has 14 heteroatoms. The molecule has 1 aromatic rings. The normalized spacial score (nSPS) is 11.6. The van der Waals surface area contributed by atoms with Crippen molar-refractivity contribution in [3.05, 3.63) is 12.4 Å². The summed E-state index contributed by atoms with van der Waals surface area (Å²) in [6, 6.07) is -1.74. The van der Waals surface area contributed by atoms with Crippen LogP contribution in [0.5, 0.6) is 0 Å². The largest absolute Gasteiger partial charge is 0.394 e. The highest BCUT2D eigenvalue weighted by Gasteiger charge is 2.31. The van der Waals surface area contributed by atoms with Gasteiger partial charge in [-0.1, -0.05) is 0 Å². The van der Waals surface area contributed by atoms with Crippen molar-refractivity contribution in [2.75, 3.05) is 50.3 Å². The van der Waals surface area contributed by atoms with Gasteiger partial charge in [0.05, 0.1) is 52.0 Å². The van der Waals surface area contributed by atoms with E-state index in [1.54, 1.807) is 0 Å². The minimum absolute atomic E-state index is 0.0402. The van der Waals surface area contributed by atoms with E-state index in [4.69, 9.17) is 30.6 Å². The van der Waals surface area contributed by atoms with Crippen LogP contribution in [-0.4, -0.2) is 103 Å². The van der Waals surface area contributed by atoms with E-state index in [0.29, 0.717) is 0 Å². The molecule has 0 saturated heterocycles. The van der Waals surface area contributed by atoms with Gasteiger partial charge in [-0.05, 0) is 0 Å². The second-order valence-corrected chi connectivity index (χ2v) is 5.95. The molecule has 1 heterocycles. The van der Waals surface area contributed by atoms with Gasteiger partial charge in [-0.3, -0.25) is 10.6 Å². The Hall–Kier alpha value is -2.62. The molecule has 0 bridgehead atoms. The van der Waals surface area contributed by atoms with Crippen molar-refractivity contribution in [2.24, 2.45) is 0 Å². The van der Waals surface area contributed by atoms with Gasteiger partial charge < -0.3 is 41.3 Å². The van der Waals surface area contributed by atoms with E-state index < -0.39 is 62.8 Å². The highest BCUT2D eigenvalue weighted by molar-refractivity contribution is 5.90. The second kappa shape index (κ2) is 10.6. The maximum Gasteiger partial charge on any atom is 0.321 e. The predicted molar refractivity (Wildman–Crippen MR) is 94.3 cm³/mol. The summed E-state index contributed by atoms with van der Waals surface area (Å²) in [7, 11) is 0. The van der Waals surface area contributed by atoms with Gasteiger partial charge in [-0.25, -0.2) is 19.6 Å². The minimum Gasteiger partial charge on any atom is -0.394 e. The van der Waals surface area contributed by atoms with Crippen molar-refractivity contribution in [2.45, 2.75) is 11.1 Å². The Kier molecular flexibility index (Phi) is 8.90. The van der Waals surface area contributed by atoms with Crippen molar-refractivity contribution in [3.63, 3.8) is 0 Å². The van der Waals surface area contributed by atoms with Crippen LogP contribution >= 0.6 is 0 Å². The van der Waals surface area contributed by atoms with Crippen LogP contribution in [0.1, 0.15) is 0 Å². The Morgan fingerprint density at radius 1 is 0.679 bits per heavy atom. The molecule has 10 N–H and O–H groups in total. The van der Waals surface area contributed by atoms with Crippen molar-refractivity contribution >= 4 is 23.7 Å². The summed E-state index contributed by atoms with van der Waals surface area (Å²) >= 11 is 0. The second-order valence-electron chi connectivity index (χ2n) is 5.95. The number of carbonyl (C=O) groups excluding carboxylic acids is 2. The van der Waals surface area contributed by atoms with E-state index >= 15 is 0 Å². The third-order valence-corrected chi connectivity index (χ3v) is 3.71. The Balaban J connectivity index is 2.66. The highest BCUT2D eigenvalue weighted by Crippen LogP contribution is 2.08. The lowest BCUT2D eigenvalue weighted by Gasteiger charge is -2.28. The smallest absolute Gasteiger partial charge is 0.321 e. The fourth-order valence-corrected chi connectivity index (χ4v) is 1.77. The summed E-state index contributed by atoms with van der Waals surface area (Å²) in [6.07, 6.45) is 2.18. The number of aromatic nitrogens is 2. The van der Waals surface area contributed by atoms with E-state index in [0.717, 1.165) is 12.4 Å². The van der Waals surface area contributed by atoms with Crippen LogP contribution in [0, 0.1) is 0 Å². The predicted octanol–water partition coefficient (Wildman–Crippen LogP) is -3.85. The molecule has 0 aliphatic carbocycles. The number of rotatable bonds is 10. The molecule has 14 nitrogen and oxygen atoms in total. The van der Waals surface area contributed by atoms with Crippen molar-refractivity contribution in [1.82, 2.24) is 20.6 Å². The van der Waals surface area contributed by atoms with Crippen LogP contribution in [-0.2, 0) is 0 Å². The van der Waals surface area contributed by atoms with Gasteiger partial charge in [0, 0.05) is 0 Å². The zero-order chi connectivity index (χ0) is 21.2. The molecule has 158 valence electrons. The van der Waals surface area contributed by atoms with Gasteiger partial charge in [0.2, 0.25) is 0 Å². The number of aliphatic hydroxyl groups is 6. The Morgan fingerprint density at radius 2 is 0.964 bits per heavy atom. The quantitative estimate of drug-likeness (QED) is 0.182. The van der Waals surface area contributed by atoms with Crippen LogP contribution in [0.15, 0.2) is 12.4 Å². The lowest BCUT2D eigenvalue weighted by Crippen LogP contribution is -2.58. The molecule has 1 rings (SSSR count). The number of hydrogen-bond acceptors (Lipinski definition) is 10. The maximum atomic E-state index is 11.8. The van der Waals surface area contributed by atoms with Gasteiger partial charge in [0.1, 0.15) is 11.1 Å². The molecule has 0 radical (unpaired) electrons. The Bertz CT molecular complexity index is 564. The van der Waals surface area contributed by atoms with Gasteiger partial charge >= 0.3 is 12.1 Å². The minimum atomic E-state index is -1.62. The summed E-state index contributed by atoms with van der Waals surface area (Å²) in [5.74, 6) is -0.0804. The molecular weight excluding hydrogens is 380 g/mol. The monoisotopic (exact) mass is 404 g/mol. The number of carbonyl (C=O) groups is 2. The number of hydrogen-bond donors (Lipinski definition) is 10. The van der Waals surface area contributed by atoms with Gasteiger partial charge in [0.25, 0.3) is 0 Å². The SMILES string of the molecule is O=C(Nc1cnc(NC(=O)NC(CO)(CO)CO)cn1)NC(CO)(CO)CO. The fourth-order valence-electron chi connectivity index (χ4n) is 1.77. The summed E-state index contributed by atoms with van der Waals surface area (Å²) in [4.78, 5) is 31.3. The van der Waals surface area contributed by atoms with Crippen LogP contribution in [0.2, 0.25) is 0 Å². The van der Waals surface area contributed by atoms with E-state index in [1.807, 2.05) is 0 Å². The molecule has 0 spiro atoms. The highest BCUT2D eigenvalue weighted by atomic mass is 16.3. The zero-order valence-corrected chi connectivity index (χ0v) is 14.8. The first kappa shape index (κ1) is 23.4. The van der Waals surface area contributed by atoms with E-state index in [9.17, 15) is 9.59 Å². The summed E-state index contributed by atoms with van der Waals surface area (Å²) in [6.45, 7) is -4.20. The molecule has 0 aromatic carbocycles. The van der Waals surface area contributed by atoms with E-state index in [-0.39, 0.29) is 11.6 Å². The third kappa shape index (κ3) is 6.22. The summed E-state index contributed by atoms with van der Waals surface area (Å²) < 4.78 is 0. The molecule has 0 aliphatic rings. The maximum absolute atomic E-state index is 11.8. The lowest BCUT2D eigenvalue weighted by atomic mass is 10.0. The number of anilines is 2. The van der Waals surface area contributed by atoms with Crippen molar-refractivity contribution in [1.29, 1.82) is 0 Å². The average molecular weight is 404 g/mol. The first-order valence-corrected chi connectivity index (χ1v) is 7.97. The lowest BCUT2D eigenvalue weighted by molar-refractivity contribution is 0.0506. The topological polar surface area (TPSA) is 229 Å². The number of urea groups is 2. The van der Waals surface area contributed by atoms with Crippen molar-refractivity contribution in [3.8, 4) is 0 Å². The molecule has 4 amide bonds. The number of aliphatic hydroxyl groups excluding tert-OH is 6. The average Bonchev–Trinajstić information content (AvgIpc) is 2.72.